The van der Waals surface area contributed by atoms with Crippen LogP contribution in [0.25, 0.3) is 0 Å². The molecule has 6 rings (SSSR count). The van der Waals surface area contributed by atoms with E-state index in [0.29, 0.717) is 24.0 Å². The first-order valence-electron chi connectivity index (χ1n) is 14.2. The van der Waals surface area contributed by atoms with Gasteiger partial charge in [-0.25, -0.2) is 4.79 Å². The van der Waals surface area contributed by atoms with Crippen molar-refractivity contribution in [2.45, 2.75) is 62.9 Å². The second-order valence-corrected chi connectivity index (χ2v) is 12.2. The van der Waals surface area contributed by atoms with Gasteiger partial charge in [-0.15, -0.1) is 0 Å². The minimum absolute atomic E-state index is 0.160. The summed E-state index contributed by atoms with van der Waals surface area (Å²) in [6, 6.07) is 12.0. The van der Waals surface area contributed by atoms with Crippen molar-refractivity contribution in [3.05, 3.63) is 70.3 Å². The number of aliphatic hydroxyl groups excluding tert-OH is 1. The van der Waals surface area contributed by atoms with E-state index in [9.17, 15) is 9.90 Å². The van der Waals surface area contributed by atoms with Crippen molar-refractivity contribution >= 4 is 23.3 Å². The number of ether oxygens (including phenoxy) is 2. The maximum absolute atomic E-state index is 12.5. The maximum Gasteiger partial charge on any atom is 0.337 e. The van der Waals surface area contributed by atoms with E-state index in [2.05, 4.69) is 29.2 Å². The summed E-state index contributed by atoms with van der Waals surface area (Å²) in [4.78, 5) is 14.9. The summed E-state index contributed by atoms with van der Waals surface area (Å²) in [6.07, 6.45) is 12.9. The van der Waals surface area contributed by atoms with Gasteiger partial charge in [0.1, 0.15) is 5.75 Å². The van der Waals surface area contributed by atoms with Crippen LogP contribution in [0.2, 0.25) is 5.02 Å². The van der Waals surface area contributed by atoms with Crippen LogP contribution >= 0.6 is 11.6 Å². The summed E-state index contributed by atoms with van der Waals surface area (Å²) in [5.74, 6) is 1.43. The number of hydrogen-bond acceptors (Lipinski definition) is 5. The Labute approximate surface area is 230 Å². The number of anilines is 1. The Morgan fingerprint density at radius 3 is 2.87 bits per heavy atom. The fraction of sp³-hybridized carbons (Fsp3) is 0.531. The number of aliphatic hydroxyl groups is 1. The molecule has 1 aliphatic heterocycles. The number of rotatable bonds is 5. The number of nitrogens with zero attached hydrogens (tertiary/aromatic N) is 1. The lowest BCUT2D eigenvalue weighted by Crippen LogP contribution is -2.50. The van der Waals surface area contributed by atoms with E-state index >= 15 is 0 Å². The number of aryl methyl sites for hydroxylation is 1. The van der Waals surface area contributed by atoms with Crippen LogP contribution in [0, 0.1) is 17.8 Å². The monoisotopic (exact) mass is 535 g/mol. The van der Waals surface area contributed by atoms with Crippen LogP contribution in [-0.4, -0.2) is 44.0 Å². The minimum Gasteiger partial charge on any atom is -0.490 e. The van der Waals surface area contributed by atoms with Crippen LogP contribution in [-0.2, 0) is 16.6 Å². The van der Waals surface area contributed by atoms with Gasteiger partial charge in [-0.05, 0) is 105 Å². The SMILES string of the molecule is COC(=O)c1ccc2c(c1)N(C[C@@H]1CC[C@H]1[C@H](O)[C@@H]1C=CCCC1)CC1(CCCc3cc(Cl)ccc31)CO2. The third kappa shape index (κ3) is 4.73. The zero-order valence-electron chi connectivity index (χ0n) is 22.2. The van der Waals surface area contributed by atoms with Crippen molar-refractivity contribution in [2.24, 2.45) is 17.8 Å². The fourth-order valence-electron chi connectivity index (χ4n) is 7.35. The van der Waals surface area contributed by atoms with Gasteiger partial charge in [0.15, 0.2) is 0 Å². The largest absolute Gasteiger partial charge is 0.490 e. The summed E-state index contributed by atoms with van der Waals surface area (Å²) in [6.45, 7) is 2.23. The van der Waals surface area contributed by atoms with Gasteiger partial charge in [0, 0.05) is 29.4 Å². The molecular weight excluding hydrogens is 498 g/mol. The number of halogens is 1. The lowest BCUT2D eigenvalue weighted by molar-refractivity contribution is -0.0131. The van der Waals surface area contributed by atoms with Crippen LogP contribution in [0.3, 0.4) is 0 Å². The topological polar surface area (TPSA) is 59.0 Å². The summed E-state index contributed by atoms with van der Waals surface area (Å²) >= 11 is 6.39. The Morgan fingerprint density at radius 2 is 2.11 bits per heavy atom. The molecule has 0 bridgehead atoms. The molecule has 5 nitrogen and oxygen atoms in total. The van der Waals surface area contributed by atoms with Crippen molar-refractivity contribution in [2.75, 3.05) is 31.7 Å². The molecule has 6 heteroatoms. The number of carbonyl (C=O) groups excluding carboxylic acids is 1. The second-order valence-electron chi connectivity index (χ2n) is 11.8. The van der Waals surface area contributed by atoms with Crippen LogP contribution < -0.4 is 9.64 Å². The number of allylic oxidation sites excluding steroid dienone is 1. The summed E-state index contributed by atoms with van der Waals surface area (Å²) in [7, 11) is 1.42. The van der Waals surface area contributed by atoms with Crippen LogP contribution in [0.1, 0.15) is 66.4 Å². The van der Waals surface area contributed by atoms with E-state index < -0.39 is 0 Å². The number of methoxy groups -OCH3 is 1. The molecule has 5 atom stereocenters. The highest BCUT2D eigenvalue weighted by Gasteiger charge is 2.45. The van der Waals surface area contributed by atoms with Gasteiger partial charge in [-0.2, -0.15) is 0 Å². The molecule has 0 amide bonds. The summed E-state index contributed by atoms with van der Waals surface area (Å²) in [5.41, 5.74) is 3.96. The van der Waals surface area contributed by atoms with Gasteiger partial charge in [0.2, 0.25) is 0 Å². The summed E-state index contributed by atoms with van der Waals surface area (Å²) < 4.78 is 11.6. The van der Waals surface area contributed by atoms with E-state index in [-0.39, 0.29) is 23.4 Å². The highest BCUT2D eigenvalue weighted by atomic mass is 35.5. The fourth-order valence-corrected chi connectivity index (χ4v) is 7.55. The van der Waals surface area contributed by atoms with Gasteiger partial charge in [-0.3, -0.25) is 0 Å². The molecule has 1 fully saturated rings. The van der Waals surface area contributed by atoms with E-state index in [1.165, 1.54) is 18.2 Å². The molecule has 1 heterocycles. The number of benzene rings is 2. The average Bonchev–Trinajstić information content (AvgIpc) is 3.08. The molecule has 0 aromatic heterocycles. The maximum atomic E-state index is 12.5. The lowest BCUT2D eigenvalue weighted by atomic mass is 9.66. The normalized spacial score (nSPS) is 28.9. The first kappa shape index (κ1) is 25.8. The van der Waals surface area contributed by atoms with E-state index in [1.54, 1.807) is 6.07 Å². The molecule has 0 saturated heterocycles. The lowest BCUT2D eigenvalue weighted by Gasteiger charge is -2.46. The first-order valence-corrected chi connectivity index (χ1v) is 14.6. The van der Waals surface area contributed by atoms with Crippen LogP contribution in [0.4, 0.5) is 5.69 Å². The van der Waals surface area contributed by atoms with Gasteiger partial charge < -0.3 is 19.5 Å². The molecule has 38 heavy (non-hydrogen) atoms. The number of esters is 1. The Morgan fingerprint density at radius 1 is 1.21 bits per heavy atom. The van der Waals surface area contributed by atoms with E-state index in [1.807, 2.05) is 18.2 Å². The molecule has 1 unspecified atom stereocenters. The van der Waals surface area contributed by atoms with Gasteiger partial charge in [0.05, 0.1) is 31.1 Å². The molecule has 3 aliphatic carbocycles. The Hall–Kier alpha value is -2.50. The highest BCUT2D eigenvalue weighted by Crippen LogP contribution is 2.47. The molecule has 2 aromatic rings. The van der Waals surface area contributed by atoms with Crippen LogP contribution in [0.5, 0.6) is 5.75 Å². The molecule has 1 spiro atoms. The third-order valence-corrected chi connectivity index (χ3v) is 9.79. The quantitative estimate of drug-likeness (QED) is 0.357. The number of fused-ring (bicyclic) bond motifs is 3. The van der Waals surface area contributed by atoms with Crippen molar-refractivity contribution < 1.29 is 19.4 Å². The second kappa shape index (κ2) is 10.6. The smallest absolute Gasteiger partial charge is 0.337 e. The Balaban J connectivity index is 1.34. The first-order chi connectivity index (χ1) is 18.5. The zero-order valence-corrected chi connectivity index (χ0v) is 23.0. The zero-order chi connectivity index (χ0) is 26.3. The molecule has 4 aliphatic rings. The Kier molecular flexibility index (Phi) is 7.17. The predicted octanol–water partition coefficient (Wildman–Crippen LogP) is 6.34. The Bertz CT molecular complexity index is 1230. The van der Waals surface area contributed by atoms with Gasteiger partial charge in [-0.1, -0.05) is 29.8 Å². The van der Waals surface area contributed by atoms with Crippen molar-refractivity contribution in [1.29, 1.82) is 0 Å². The van der Waals surface area contributed by atoms with Gasteiger partial charge >= 0.3 is 5.97 Å². The predicted molar refractivity (Wildman–Crippen MR) is 150 cm³/mol. The van der Waals surface area contributed by atoms with Gasteiger partial charge in [0.25, 0.3) is 0 Å². The molecular formula is C32H38ClNO4. The third-order valence-electron chi connectivity index (χ3n) is 9.56. The van der Waals surface area contributed by atoms with Crippen molar-refractivity contribution in [3.63, 3.8) is 0 Å². The average molecular weight is 536 g/mol. The molecule has 1 saturated carbocycles. The highest BCUT2D eigenvalue weighted by molar-refractivity contribution is 6.30. The van der Waals surface area contributed by atoms with E-state index in [0.717, 1.165) is 80.9 Å². The number of hydrogen-bond donors (Lipinski definition) is 1. The standard InChI is InChI=1S/C32H38ClNO4/c1-37-31(36)23-10-14-29-28(17-23)34(18-24-9-12-26(24)30(35)21-6-3-2-4-7-21)19-32(20-38-29)15-5-8-22-16-25(33)11-13-27(22)32/h3,6,10-11,13-14,16-17,21,24,26,30,35H,2,4-5,7-9,12,15,18-20H2,1H3/t21-,24+,26-,30-,32?/m1/s1. The summed E-state index contributed by atoms with van der Waals surface area (Å²) in [5, 5.41) is 12.1. The molecule has 1 N–H and O–H groups in total. The number of carbonyl (C=O) groups is 1. The van der Waals surface area contributed by atoms with Crippen molar-refractivity contribution in [1.82, 2.24) is 0 Å². The molecule has 2 aromatic carbocycles. The van der Waals surface area contributed by atoms with Crippen LogP contribution in [0.15, 0.2) is 48.6 Å². The minimum atomic E-state index is -0.342. The molecule has 0 radical (unpaired) electrons. The molecule has 202 valence electrons. The van der Waals surface area contributed by atoms with Crippen molar-refractivity contribution in [3.8, 4) is 5.75 Å². The van der Waals surface area contributed by atoms with E-state index in [4.69, 9.17) is 21.1 Å².